The fourth-order valence-electron chi connectivity index (χ4n) is 2.09. The zero-order valence-electron chi connectivity index (χ0n) is 13.3. The van der Waals surface area contributed by atoms with E-state index in [9.17, 15) is 9.59 Å². The highest BCUT2D eigenvalue weighted by Crippen LogP contribution is 2.34. The molecular formula is C17H13Cl2NO6. The van der Waals surface area contributed by atoms with E-state index in [1.807, 2.05) is 0 Å². The first kappa shape index (κ1) is 18.2. The topological polar surface area (TPSA) is 83.1 Å². The average Bonchev–Trinajstić information content (AvgIpc) is 3.07. The van der Waals surface area contributed by atoms with Gasteiger partial charge in [-0.25, -0.2) is 4.79 Å². The Morgan fingerprint density at radius 3 is 2.65 bits per heavy atom. The minimum Gasteiger partial charge on any atom is -0.480 e. The Balaban J connectivity index is 1.43. The summed E-state index contributed by atoms with van der Waals surface area (Å²) in [5, 5.41) is 3.31. The van der Waals surface area contributed by atoms with E-state index in [1.165, 1.54) is 12.1 Å². The SMILES string of the molecule is O=C(COC(=O)COc1ccc(Cl)cc1Cl)Nc1ccc2c(c1)OCO2. The molecule has 0 aromatic heterocycles. The van der Waals surface area contributed by atoms with Crippen molar-refractivity contribution in [2.45, 2.75) is 0 Å². The molecule has 1 amide bonds. The van der Waals surface area contributed by atoms with Crippen LogP contribution in [-0.2, 0) is 14.3 Å². The van der Waals surface area contributed by atoms with Gasteiger partial charge in [-0.1, -0.05) is 23.2 Å². The van der Waals surface area contributed by atoms with Crippen LogP contribution in [0.2, 0.25) is 10.0 Å². The van der Waals surface area contributed by atoms with Gasteiger partial charge in [0.2, 0.25) is 6.79 Å². The third-order valence-corrected chi connectivity index (χ3v) is 3.79. The van der Waals surface area contributed by atoms with Gasteiger partial charge in [-0.2, -0.15) is 0 Å². The number of rotatable bonds is 6. The van der Waals surface area contributed by atoms with Crippen molar-refractivity contribution in [3.8, 4) is 17.2 Å². The molecule has 0 atom stereocenters. The van der Waals surface area contributed by atoms with Crippen LogP contribution in [0.4, 0.5) is 5.69 Å². The first-order valence-corrected chi connectivity index (χ1v) is 8.20. The lowest BCUT2D eigenvalue weighted by atomic mass is 10.3. The third-order valence-electron chi connectivity index (χ3n) is 3.26. The van der Waals surface area contributed by atoms with Crippen LogP contribution in [0.1, 0.15) is 0 Å². The van der Waals surface area contributed by atoms with Crippen molar-refractivity contribution in [3.05, 3.63) is 46.4 Å². The molecule has 1 aliphatic rings. The number of carbonyl (C=O) groups excluding carboxylic acids is 2. The van der Waals surface area contributed by atoms with Gasteiger partial charge >= 0.3 is 5.97 Å². The molecule has 136 valence electrons. The Kier molecular flexibility index (Phi) is 5.70. The molecule has 2 aromatic carbocycles. The number of nitrogens with one attached hydrogen (secondary N) is 1. The summed E-state index contributed by atoms with van der Waals surface area (Å²) in [5.74, 6) is 0.219. The number of hydrogen-bond donors (Lipinski definition) is 1. The fraction of sp³-hybridized carbons (Fsp3) is 0.176. The maximum Gasteiger partial charge on any atom is 0.344 e. The van der Waals surface area contributed by atoms with Crippen molar-refractivity contribution in [1.82, 2.24) is 0 Å². The van der Waals surface area contributed by atoms with Gasteiger partial charge in [0, 0.05) is 16.8 Å². The Hall–Kier alpha value is -2.64. The van der Waals surface area contributed by atoms with Crippen molar-refractivity contribution >= 4 is 40.8 Å². The molecule has 2 aromatic rings. The second-order valence-electron chi connectivity index (χ2n) is 5.14. The summed E-state index contributed by atoms with van der Waals surface area (Å²) in [7, 11) is 0. The summed E-state index contributed by atoms with van der Waals surface area (Å²) in [4.78, 5) is 23.5. The van der Waals surface area contributed by atoms with Gasteiger partial charge in [-0.15, -0.1) is 0 Å². The van der Waals surface area contributed by atoms with Crippen LogP contribution >= 0.6 is 23.2 Å². The van der Waals surface area contributed by atoms with Gasteiger partial charge in [0.25, 0.3) is 5.91 Å². The standard InChI is InChI=1S/C17H13Cl2NO6/c18-10-1-3-13(12(19)5-10)23-8-17(22)24-7-16(21)20-11-2-4-14-15(6-11)26-9-25-14/h1-6H,7-9H2,(H,20,21). The van der Waals surface area contributed by atoms with E-state index in [2.05, 4.69) is 5.32 Å². The predicted molar refractivity (Wildman–Crippen MR) is 94.1 cm³/mol. The Morgan fingerprint density at radius 1 is 1.04 bits per heavy atom. The average molecular weight is 398 g/mol. The van der Waals surface area contributed by atoms with Crippen molar-refractivity contribution in [2.75, 3.05) is 25.3 Å². The third kappa shape index (κ3) is 4.71. The number of halogens is 2. The quantitative estimate of drug-likeness (QED) is 0.753. The Bertz CT molecular complexity index is 842. The normalized spacial score (nSPS) is 11.8. The molecule has 7 nitrogen and oxygen atoms in total. The molecule has 1 N–H and O–H groups in total. The number of ether oxygens (including phenoxy) is 4. The van der Waals surface area contributed by atoms with Crippen LogP contribution < -0.4 is 19.5 Å². The molecule has 0 saturated heterocycles. The lowest BCUT2D eigenvalue weighted by molar-refractivity contribution is -0.149. The number of benzene rings is 2. The minimum absolute atomic E-state index is 0.141. The monoisotopic (exact) mass is 397 g/mol. The summed E-state index contributed by atoms with van der Waals surface area (Å²) < 4.78 is 20.5. The second kappa shape index (κ2) is 8.16. The van der Waals surface area contributed by atoms with E-state index in [0.29, 0.717) is 22.2 Å². The summed E-state index contributed by atoms with van der Waals surface area (Å²) >= 11 is 11.7. The molecule has 0 saturated carbocycles. The Labute approximate surface area is 158 Å². The van der Waals surface area contributed by atoms with Crippen molar-refractivity contribution in [1.29, 1.82) is 0 Å². The molecule has 0 unspecified atom stereocenters. The first-order valence-electron chi connectivity index (χ1n) is 7.44. The maximum absolute atomic E-state index is 11.8. The van der Waals surface area contributed by atoms with Crippen LogP contribution in [0.15, 0.2) is 36.4 Å². The number of esters is 1. The molecule has 9 heteroatoms. The van der Waals surface area contributed by atoms with Crippen LogP contribution in [-0.4, -0.2) is 31.9 Å². The maximum atomic E-state index is 11.8. The molecule has 1 heterocycles. The zero-order chi connectivity index (χ0) is 18.5. The number of anilines is 1. The van der Waals surface area contributed by atoms with Crippen LogP contribution in [0.25, 0.3) is 0 Å². The van der Waals surface area contributed by atoms with E-state index in [0.717, 1.165) is 0 Å². The molecule has 0 aliphatic carbocycles. The van der Waals surface area contributed by atoms with Crippen LogP contribution in [0.3, 0.4) is 0 Å². The number of hydrogen-bond acceptors (Lipinski definition) is 6. The van der Waals surface area contributed by atoms with E-state index in [-0.39, 0.29) is 17.6 Å². The van der Waals surface area contributed by atoms with Crippen molar-refractivity contribution < 1.29 is 28.5 Å². The molecule has 3 rings (SSSR count). The van der Waals surface area contributed by atoms with Gasteiger partial charge in [0.15, 0.2) is 24.7 Å². The van der Waals surface area contributed by atoms with Crippen LogP contribution in [0, 0.1) is 0 Å². The summed E-state index contributed by atoms with van der Waals surface area (Å²) in [5.41, 5.74) is 0.500. The zero-order valence-corrected chi connectivity index (χ0v) is 14.8. The Morgan fingerprint density at radius 2 is 1.85 bits per heavy atom. The molecular weight excluding hydrogens is 385 g/mol. The van der Waals surface area contributed by atoms with Crippen molar-refractivity contribution in [2.24, 2.45) is 0 Å². The fourth-order valence-corrected chi connectivity index (χ4v) is 2.55. The molecule has 1 aliphatic heterocycles. The highest BCUT2D eigenvalue weighted by molar-refractivity contribution is 6.35. The molecule has 0 radical (unpaired) electrons. The minimum atomic E-state index is -0.711. The summed E-state index contributed by atoms with van der Waals surface area (Å²) in [6.07, 6.45) is 0. The van der Waals surface area contributed by atoms with Crippen molar-refractivity contribution in [3.63, 3.8) is 0 Å². The van der Waals surface area contributed by atoms with Gasteiger partial charge in [-0.05, 0) is 30.3 Å². The lowest BCUT2D eigenvalue weighted by Gasteiger charge is -2.09. The highest BCUT2D eigenvalue weighted by Gasteiger charge is 2.15. The predicted octanol–water partition coefficient (Wildman–Crippen LogP) is 3.28. The smallest absolute Gasteiger partial charge is 0.344 e. The van der Waals surface area contributed by atoms with Gasteiger partial charge in [0.05, 0.1) is 5.02 Å². The van der Waals surface area contributed by atoms with Gasteiger partial charge in [0.1, 0.15) is 5.75 Å². The van der Waals surface area contributed by atoms with E-state index < -0.39 is 25.1 Å². The number of carbonyl (C=O) groups is 2. The lowest BCUT2D eigenvalue weighted by Crippen LogP contribution is -2.23. The highest BCUT2D eigenvalue weighted by atomic mass is 35.5. The van der Waals surface area contributed by atoms with E-state index in [1.54, 1.807) is 24.3 Å². The molecule has 26 heavy (non-hydrogen) atoms. The second-order valence-corrected chi connectivity index (χ2v) is 5.98. The first-order chi connectivity index (χ1) is 12.5. The number of fused-ring (bicyclic) bond motifs is 1. The van der Waals surface area contributed by atoms with Gasteiger partial charge in [-0.3, -0.25) is 4.79 Å². The molecule has 0 bridgehead atoms. The van der Waals surface area contributed by atoms with Crippen LogP contribution in [0.5, 0.6) is 17.2 Å². The molecule has 0 spiro atoms. The summed E-state index contributed by atoms with van der Waals surface area (Å²) in [6, 6.07) is 9.54. The van der Waals surface area contributed by atoms with E-state index in [4.69, 9.17) is 42.1 Å². The van der Waals surface area contributed by atoms with Gasteiger partial charge < -0.3 is 24.3 Å². The largest absolute Gasteiger partial charge is 0.480 e. The number of amides is 1. The summed E-state index contributed by atoms with van der Waals surface area (Å²) in [6.45, 7) is -0.703. The molecule has 0 fully saturated rings. The van der Waals surface area contributed by atoms with E-state index >= 15 is 0 Å².